The summed E-state index contributed by atoms with van der Waals surface area (Å²) in [6.45, 7) is 6.94. The summed E-state index contributed by atoms with van der Waals surface area (Å²) in [5.74, 6) is -1.86. The zero-order valence-electron chi connectivity index (χ0n) is 15.9. The second-order valence-corrected chi connectivity index (χ2v) is 7.25. The van der Waals surface area contributed by atoms with Gasteiger partial charge in [-0.25, -0.2) is 14.4 Å². The van der Waals surface area contributed by atoms with Crippen molar-refractivity contribution in [2.75, 3.05) is 13.7 Å². The van der Waals surface area contributed by atoms with Gasteiger partial charge in [-0.2, -0.15) is 0 Å². The van der Waals surface area contributed by atoms with Gasteiger partial charge >= 0.3 is 18.0 Å². The number of rotatable bonds is 7. The number of carboxylic acids is 1. The molecule has 2 atom stereocenters. The highest BCUT2D eigenvalue weighted by Crippen LogP contribution is 2.16. The number of hydrogen-bond acceptors (Lipinski definition) is 5. The van der Waals surface area contributed by atoms with Crippen LogP contribution < -0.4 is 0 Å². The molecule has 0 fully saturated rings. The molecule has 0 aromatic heterocycles. The predicted molar refractivity (Wildman–Crippen MR) is 95.9 cm³/mol. The Labute approximate surface area is 153 Å². The lowest BCUT2D eigenvalue weighted by Gasteiger charge is -2.29. The van der Waals surface area contributed by atoms with Crippen LogP contribution in [0.1, 0.15) is 44.5 Å². The lowest BCUT2D eigenvalue weighted by atomic mass is 10.0. The maximum Gasteiger partial charge on any atom is 0.410 e. The fraction of sp³-hybridized carbons (Fsp3) is 0.526. The number of esters is 1. The van der Waals surface area contributed by atoms with E-state index in [-0.39, 0.29) is 18.9 Å². The Morgan fingerprint density at radius 1 is 1.15 bits per heavy atom. The summed E-state index contributed by atoms with van der Waals surface area (Å²) >= 11 is 0. The van der Waals surface area contributed by atoms with Gasteiger partial charge in [0.2, 0.25) is 0 Å². The molecule has 0 aliphatic heterocycles. The van der Waals surface area contributed by atoms with Crippen LogP contribution in [0, 0.1) is 5.92 Å². The van der Waals surface area contributed by atoms with E-state index in [2.05, 4.69) is 0 Å². The van der Waals surface area contributed by atoms with Crippen molar-refractivity contribution in [3.8, 4) is 0 Å². The van der Waals surface area contributed by atoms with Crippen molar-refractivity contribution < 1.29 is 29.0 Å². The molecule has 0 unspecified atom stereocenters. The second-order valence-electron chi connectivity index (χ2n) is 7.25. The van der Waals surface area contributed by atoms with Crippen LogP contribution in [-0.2, 0) is 14.3 Å². The van der Waals surface area contributed by atoms with Crippen LogP contribution in [0.2, 0.25) is 0 Å². The van der Waals surface area contributed by atoms with Crippen molar-refractivity contribution in [1.82, 2.24) is 4.90 Å². The number of nitrogens with zero attached hydrogens (tertiary/aromatic N) is 1. The molecule has 1 aromatic carbocycles. The summed E-state index contributed by atoms with van der Waals surface area (Å²) in [7, 11) is 1.38. The maximum absolute atomic E-state index is 12.1. The first-order chi connectivity index (χ1) is 12.0. The average Bonchev–Trinajstić information content (AvgIpc) is 2.55. The van der Waals surface area contributed by atoms with Crippen LogP contribution in [0.15, 0.2) is 30.3 Å². The molecule has 7 heteroatoms. The normalized spacial score (nSPS) is 13.4. The summed E-state index contributed by atoms with van der Waals surface area (Å²) in [6, 6.07) is 7.47. The second kappa shape index (κ2) is 9.22. The van der Waals surface area contributed by atoms with E-state index in [0.717, 1.165) is 4.90 Å². The molecule has 1 aromatic rings. The first-order valence-corrected chi connectivity index (χ1v) is 8.42. The summed E-state index contributed by atoms with van der Waals surface area (Å²) < 4.78 is 10.4. The lowest BCUT2D eigenvalue weighted by molar-refractivity contribution is -0.143. The number of aliphatic carboxylic acids is 1. The van der Waals surface area contributed by atoms with Crippen LogP contribution in [0.3, 0.4) is 0 Å². The van der Waals surface area contributed by atoms with Gasteiger partial charge < -0.3 is 14.6 Å². The minimum Gasteiger partial charge on any atom is -0.480 e. The topological polar surface area (TPSA) is 93.1 Å². The molecule has 144 valence electrons. The molecule has 1 N–H and O–H groups in total. The Kier molecular flexibility index (Phi) is 7.61. The standard InChI is InChI=1S/C19H27NO6/c1-13(12-25-17(23)14-9-7-6-8-10-14)11-15(16(21)22)20(5)18(24)26-19(2,3)4/h6-10,13,15H,11-12H2,1-5H3,(H,21,22)/t13-,15+/m1/s1. The van der Waals surface area contributed by atoms with Crippen LogP contribution >= 0.6 is 0 Å². The third-order valence-electron chi connectivity index (χ3n) is 3.57. The number of amides is 1. The Morgan fingerprint density at radius 3 is 2.23 bits per heavy atom. The van der Waals surface area contributed by atoms with E-state index in [9.17, 15) is 19.5 Å². The van der Waals surface area contributed by atoms with Crippen LogP contribution in [0.4, 0.5) is 4.79 Å². The van der Waals surface area contributed by atoms with Crippen molar-refractivity contribution in [2.24, 2.45) is 5.92 Å². The van der Waals surface area contributed by atoms with Crippen LogP contribution in [0.5, 0.6) is 0 Å². The molecule has 0 heterocycles. The Balaban J connectivity index is 2.62. The Hall–Kier alpha value is -2.57. The summed E-state index contributed by atoms with van der Waals surface area (Å²) in [6.07, 6.45) is -0.578. The van der Waals surface area contributed by atoms with Gasteiger partial charge in [-0.15, -0.1) is 0 Å². The lowest BCUT2D eigenvalue weighted by Crippen LogP contribution is -2.45. The highest BCUT2D eigenvalue weighted by molar-refractivity contribution is 5.89. The van der Waals surface area contributed by atoms with Gasteiger partial charge in [0, 0.05) is 7.05 Å². The molecular formula is C19H27NO6. The van der Waals surface area contributed by atoms with Crippen molar-refractivity contribution in [1.29, 1.82) is 0 Å². The number of carbonyl (C=O) groups excluding carboxylic acids is 2. The van der Waals surface area contributed by atoms with Crippen LogP contribution in [-0.4, -0.2) is 53.3 Å². The maximum atomic E-state index is 12.1. The molecule has 7 nitrogen and oxygen atoms in total. The van der Waals surface area contributed by atoms with Gasteiger partial charge in [-0.05, 0) is 45.2 Å². The first-order valence-electron chi connectivity index (χ1n) is 8.42. The largest absolute Gasteiger partial charge is 0.480 e. The first kappa shape index (κ1) is 21.5. The molecule has 0 saturated carbocycles. The predicted octanol–water partition coefficient (Wildman–Crippen LogP) is 3.19. The van der Waals surface area contributed by atoms with E-state index >= 15 is 0 Å². The fourth-order valence-electron chi connectivity index (χ4n) is 2.21. The molecule has 1 rings (SSSR count). The van der Waals surface area contributed by atoms with E-state index in [1.54, 1.807) is 58.0 Å². The number of carbonyl (C=O) groups is 3. The monoisotopic (exact) mass is 365 g/mol. The highest BCUT2D eigenvalue weighted by Gasteiger charge is 2.31. The van der Waals surface area contributed by atoms with Gasteiger partial charge in [-0.3, -0.25) is 4.90 Å². The number of likely N-dealkylation sites (N-methyl/N-ethyl adjacent to an activating group) is 1. The van der Waals surface area contributed by atoms with Crippen molar-refractivity contribution in [2.45, 2.75) is 45.8 Å². The quantitative estimate of drug-likeness (QED) is 0.746. The Morgan fingerprint density at radius 2 is 1.73 bits per heavy atom. The van der Waals surface area contributed by atoms with Crippen molar-refractivity contribution >= 4 is 18.0 Å². The van der Waals surface area contributed by atoms with E-state index in [4.69, 9.17) is 9.47 Å². The van der Waals surface area contributed by atoms with Crippen LogP contribution in [0.25, 0.3) is 0 Å². The highest BCUT2D eigenvalue weighted by atomic mass is 16.6. The average molecular weight is 365 g/mol. The molecule has 0 aliphatic carbocycles. The molecule has 0 saturated heterocycles. The summed E-state index contributed by atoms with van der Waals surface area (Å²) in [5.41, 5.74) is -0.286. The van der Waals surface area contributed by atoms with Gasteiger partial charge in [0.1, 0.15) is 11.6 Å². The number of benzene rings is 1. The zero-order valence-corrected chi connectivity index (χ0v) is 15.9. The minimum atomic E-state index is -1.14. The molecule has 1 amide bonds. The third kappa shape index (κ3) is 7.13. The van der Waals surface area contributed by atoms with E-state index < -0.39 is 29.7 Å². The van der Waals surface area contributed by atoms with E-state index in [1.807, 2.05) is 0 Å². The zero-order chi connectivity index (χ0) is 19.9. The SMILES string of the molecule is C[C@@H](COC(=O)c1ccccc1)C[C@@H](C(=O)O)N(C)C(=O)OC(C)(C)C. The molecule has 0 aliphatic rings. The number of carboxylic acid groups (broad SMARTS) is 1. The minimum absolute atomic E-state index is 0.0552. The molecule has 0 radical (unpaired) electrons. The van der Waals surface area contributed by atoms with Crippen molar-refractivity contribution in [3.05, 3.63) is 35.9 Å². The molecule has 0 spiro atoms. The van der Waals surface area contributed by atoms with E-state index in [0.29, 0.717) is 5.56 Å². The molecule has 26 heavy (non-hydrogen) atoms. The smallest absolute Gasteiger partial charge is 0.410 e. The fourth-order valence-corrected chi connectivity index (χ4v) is 2.21. The number of ether oxygens (including phenoxy) is 2. The van der Waals surface area contributed by atoms with Gasteiger partial charge in [0.15, 0.2) is 0 Å². The molecular weight excluding hydrogens is 338 g/mol. The summed E-state index contributed by atoms with van der Waals surface area (Å²) in [4.78, 5) is 36.6. The van der Waals surface area contributed by atoms with Gasteiger partial charge in [-0.1, -0.05) is 25.1 Å². The molecule has 0 bridgehead atoms. The third-order valence-corrected chi connectivity index (χ3v) is 3.57. The van der Waals surface area contributed by atoms with E-state index in [1.165, 1.54) is 7.05 Å². The van der Waals surface area contributed by atoms with Crippen molar-refractivity contribution in [3.63, 3.8) is 0 Å². The number of hydrogen-bond donors (Lipinski definition) is 1. The Bertz CT molecular complexity index is 623. The van der Waals surface area contributed by atoms with Gasteiger partial charge in [0.05, 0.1) is 12.2 Å². The van der Waals surface area contributed by atoms with Gasteiger partial charge in [0.25, 0.3) is 0 Å². The summed E-state index contributed by atoms with van der Waals surface area (Å²) in [5, 5.41) is 9.44.